The van der Waals surface area contributed by atoms with Gasteiger partial charge in [-0.05, 0) is 70.2 Å². The maximum atomic E-state index is 12.8. The fourth-order valence-corrected chi connectivity index (χ4v) is 5.57. The molecule has 6 heteroatoms. The Morgan fingerprint density at radius 2 is 1.60 bits per heavy atom. The number of aliphatic hydroxyl groups excluding tert-OH is 1. The van der Waals surface area contributed by atoms with Gasteiger partial charge in [0.05, 0.1) is 4.90 Å². The summed E-state index contributed by atoms with van der Waals surface area (Å²) in [6, 6.07) is 7.64. The van der Waals surface area contributed by atoms with Crippen molar-refractivity contribution in [1.82, 2.24) is 9.21 Å². The lowest BCUT2D eigenvalue weighted by atomic mass is 9.92. The number of sulfonamides is 1. The summed E-state index contributed by atoms with van der Waals surface area (Å²) in [7, 11) is -3.36. The zero-order valence-corrected chi connectivity index (χ0v) is 15.9. The molecule has 0 saturated carbocycles. The molecule has 1 aromatic rings. The van der Waals surface area contributed by atoms with Crippen LogP contribution >= 0.6 is 0 Å². The van der Waals surface area contributed by atoms with Crippen molar-refractivity contribution in [3.63, 3.8) is 0 Å². The van der Waals surface area contributed by atoms with E-state index in [2.05, 4.69) is 4.90 Å². The van der Waals surface area contributed by atoms with E-state index >= 15 is 0 Å². The van der Waals surface area contributed by atoms with Gasteiger partial charge in [-0.1, -0.05) is 17.7 Å². The van der Waals surface area contributed by atoms with Crippen molar-refractivity contribution in [2.24, 2.45) is 5.92 Å². The lowest BCUT2D eigenvalue weighted by Crippen LogP contribution is -2.49. The summed E-state index contributed by atoms with van der Waals surface area (Å²) in [5.41, 5.74) is 1.07. The maximum Gasteiger partial charge on any atom is 0.243 e. The third-order valence-corrected chi connectivity index (χ3v) is 7.70. The maximum absolute atomic E-state index is 12.8. The normalized spacial score (nSPS) is 22.3. The van der Waals surface area contributed by atoms with Crippen LogP contribution < -0.4 is 0 Å². The first-order valence-corrected chi connectivity index (χ1v) is 10.9. The van der Waals surface area contributed by atoms with E-state index in [0.717, 1.165) is 50.8 Å². The molecule has 0 atom stereocenters. The summed E-state index contributed by atoms with van der Waals surface area (Å²) >= 11 is 0. The molecule has 0 amide bonds. The summed E-state index contributed by atoms with van der Waals surface area (Å²) in [4.78, 5) is 2.94. The van der Waals surface area contributed by atoms with Crippen LogP contribution in [-0.4, -0.2) is 61.6 Å². The molecule has 2 aliphatic rings. The number of piperidine rings is 2. The van der Waals surface area contributed by atoms with Gasteiger partial charge in [-0.2, -0.15) is 4.31 Å². The van der Waals surface area contributed by atoms with Gasteiger partial charge in [-0.25, -0.2) is 8.42 Å². The molecule has 140 valence electrons. The topological polar surface area (TPSA) is 60.9 Å². The number of aryl methyl sites for hydroxylation is 1. The molecule has 3 rings (SSSR count). The molecule has 25 heavy (non-hydrogen) atoms. The van der Waals surface area contributed by atoms with E-state index in [9.17, 15) is 8.42 Å². The number of hydrogen-bond acceptors (Lipinski definition) is 4. The first-order chi connectivity index (χ1) is 12.0. The molecule has 2 aliphatic heterocycles. The van der Waals surface area contributed by atoms with Crippen LogP contribution in [0.4, 0.5) is 0 Å². The van der Waals surface area contributed by atoms with Gasteiger partial charge in [0.25, 0.3) is 0 Å². The van der Waals surface area contributed by atoms with Crippen LogP contribution in [-0.2, 0) is 10.0 Å². The van der Waals surface area contributed by atoms with Crippen LogP contribution in [0.1, 0.15) is 37.7 Å². The van der Waals surface area contributed by atoms with Gasteiger partial charge in [-0.15, -0.1) is 0 Å². The van der Waals surface area contributed by atoms with Crippen molar-refractivity contribution >= 4 is 10.0 Å². The molecule has 0 radical (unpaired) electrons. The summed E-state index contributed by atoms with van der Waals surface area (Å²) in [5, 5.41) is 9.07. The number of aliphatic hydroxyl groups is 1. The second-order valence-corrected chi connectivity index (χ2v) is 9.38. The van der Waals surface area contributed by atoms with Crippen molar-refractivity contribution in [2.75, 3.05) is 32.8 Å². The summed E-state index contributed by atoms with van der Waals surface area (Å²) in [5.74, 6) is 0.656. The van der Waals surface area contributed by atoms with E-state index in [4.69, 9.17) is 5.11 Å². The highest BCUT2D eigenvalue weighted by Gasteiger charge is 2.32. The van der Waals surface area contributed by atoms with E-state index in [0.29, 0.717) is 36.6 Å². The predicted molar refractivity (Wildman–Crippen MR) is 99.0 cm³/mol. The van der Waals surface area contributed by atoms with Crippen LogP contribution in [0.3, 0.4) is 0 Å². The largest absolute Gasteiger partial charge is 0.396 e. The van der Waals surface area contributed by atoms with Gasteiger partial charge in [0, 0.05) is 25.7 Å². The van der Waals surface area contributed by atoms with E-state index in [1.165, 1.54) is 0 Å². The van der Waals surface area contributed by atoms with Gasteiger partial charge < -0.3 is 10.0 Å². The van der Waals surface area contributed by atoms with Gasteiger partial charge >= 0.3 is 0 Å². The van der Waals surface area contributed by atoms with Crippen LogP contribution in [0.25, 0.3) is 0 Å². The third-order valence-electron chi connectivity index (χ3n) is 5.79. The zero-order valence-electron chi connectivity index (χ0n) is 15.1. The molecule has 0 aromatic heterocycles. The summed E-state index contributed by atoms with van der Waals surface area (Å²) in [6.07, 6.45) is 5.05. The number of likely N-dealkylation sites (tertiary alicyclic amines) is 1. The van der Waals surface area contributed by atoms with Crippen molar-refractivity contribution in [2.45, 2.75) is 50.0 Å². The number of benzene rings is 1. The number of hydrogen-bond donors (Lipinski definition) is 1. The number of nitrogens with zero attached hydrogens (tertiary/aromatic N) is 2. The van der Waals surface area contributed by atoms with Gasteiger partial charge in [0.15, 0.2) is 0 Å². The Kier molecular flexibility index (Phi) is 6.15. The molecule has 2 fully saturated rings. The van der Waals surface area contributed by atoms with Crippen molar-refractivity contribution in [3.8, 4) is 0 Å². The molecule has 5 nitrogen and oxygen atoms in total. The highest BCUT2D eigenvalue weighted by molar-refractivity contribution is 7.89. The molecule has 0 spiro atoms. The molecule has 1 N–H and O–H groups in total. The molecule has 0 aliphatic carbocycles. The zero-order chi connectivity index (χ0) is 17.9. The first-order valence-electron chi connectivity index (χ1n) is 9.42. The van der Waals surface area contributed by atoms with Crippen LogP contribution in [0.5, 0.6) is 0 Å². The second kappa shape index (κ2) is 8.16. The quantitative estimate of drug-likeness (QED) is 0.868. The lowest BCUT2D eigenvalue weighted by molar-refractivity contribution is 0.0894. The average Bonchev–Trinajstić information content (AvgIpc) is 2.63. The molecule has 1 aromatic carbocycles. The monoisotopic (exact) mass is 366 g/mol. The van der Waals surface area contributed by atoms with Gasteiger partial charge in [0.1, 0.15) is 0 Å². The van der Waals surface area contributed by atoms with E-state index < -0.39 is 10.0 Å². The average molecular weight is 367 g/mol. The SMILES string of the molecule is Cc1ccc(S(=O)(=O)N2CCC(N3CCC(CCO)CC3)CC2)cc1. The Morgan fingerprint density at radius 1 is 1.00 bits per heavy atom. The van der Waals surface area contributed by atoms with E-state index in [-0.39, 0.29) is 0 Å². The minimum Gasteiger partial charge on any atom is -0.396 e. The minimum absolute atomic E-state index is 0.292. The fraction of sp³-hybridized carbons (Fsp3) is 0.684. The Morgan fingerprint density at radius 3 is 2.16 bits per heavy atom. The molecule has 0 bridgehead atoms. The Balaban J connectivity index is 1.54. The highest BCUT2D eigenvalue weighted by atomic mass is 32.2. The van der Waals surface area contributed by atoms with Crippen LogP contribution in [0.15, 0.2) is 29.2 Å². The summed E-state index contributed by atoms with van der Waals surface area (Å²) in [6.45, 7) is 5.64. The molecular weight excluding hydrogens is 336 g/mol. The lowest BCUT2D eigenvalue weighted by Gasteiger charge is -2.41. The molecular formula is C19H30N2O3S. The minimum atomic E-state index is -3.36. The second-order valence-electron chi connectivity index (χ2n) is 7.44. The molecule has 2 saturated heterocycles. The predicted octanol–water partition coefficient (Wildman–Crippen LogP) is 2.24. The first kappa shape index (κ1) is 18.8. The van der Waals surface area contributed by atoms with E-state index in [1.807, 2.05) is 19.1 Å². The Bertz CT molecular complexity index is 644. The highest BCUT2D eigenvalue weighted by Crippen LogP contribution is 2.27. The van der Waals surface area contributed by atoms with Crippen molar-refractivity contribution in [3.05, 3.63) is 29.8 Å². The molecule has 2 heterocycles. The van der Waals surface area contributed by atoms with Crippen molar-refractivity contribution in [1.29, 1.82) is 0 Å². The Hall–Kier alpha value is -0.950. The van der Waals surface area contributed by atoms with Crippen LogP contribution in [0.2, 0.25) is 0 Å². The van der Waals surface area contributed by atoms with Gasteiger partial charge in [-0.3, -0.25) is 0 Å². The Labute approximate surface area is 151 Å². The summed E-state index contributed by atoms with van der Waals surface area (Å²) < 4.78 is 27.2. The van der Waals surface area contributed by atoms with E-state index in [1.54, 1.807) is 16.4 Å². The standard InChI is InChI=1S/C19H30N2O3S/c1-16-2-4-19(5-3-16)25(23,24)21-13-8-18(9-14-21)20-11-6-17(7-12-20)10-15-22/h2-5,17-18,22H,6-15H2,1H3. The van der Waals surface area contributed by atoms with Gasteiger partial charge in [0.2, 0.25) is 10.0 Å². The van der Waals surface area contributed by atoms with Crippen molar-refractivity contribution < 1.29 is 13.5 Å². The molecule has 0 unspecified atom stereocenters. The fourth-order valence-electron chi connectivity index (χ4n) is 4.10. The third kappa shape index (κ3) is 4.42. The number of rotatable bonds is 5. The van der Waals surface area contributed by atoms with Crippen LogP contribution in [0, 0.1) is 12.8 Å². The smallest absolute Gasteiger partial charge is 0.243 e.